The van der Waals surface area contributed by atoms with Crippen LogP contribution < -0.4 is 15.4 Å². The van der Waals surface area contributed by atoms with Crippen LogP contribution >= 0.6 is 11.3 Å². The van der Waals surface area contributed by atoms with E-state index in [-0.39, 0.29) is 25.5 Å². The maximum absolute atomic E-state index is 14.5. The van der Waals surface area contributed by atoms with Gasteiger partial charge in [-0.3, -0.25) is 19.1 Å². The molecule has 4 amide bonds. The summed E-state index contributed by atoms with van der Waals surface area (Å²) in [5.74, 6) is -2.25. The van der Waals surface area contributed by atoms with Gasteiger partial charge in [0.15, 0.2) is 0 Å². The third-order valence-electron chi connectivity index (χ3n) is 10.8. The maximum atomic E-state index is 14.5. The number of fused-ring (bicyclic) bond motifs is 2. The van der Waals surface area contributed by atoms with Crippen LogP contribution in [0, 0.1) is 5.92 Å². The van der Waals surface area contributed by atoms with Crippen LogP contribution in [0.5, 0.6) is 0 Å². The molecule has 7 rings (SSSR count). The van der Waals surface area contributed by atoms with Gasteiger partial charge in [-0.1, -0.05) is 66.5 Å². The number of hydrogen-bond acceptors (Lipinski definition) is 10. The second-order valence-electron chi connectivity index (χ2n) is 14.8. The quantitative estimate of drug-likeness (QED) is 0.190. The van der Waals surface area contributed by atoms with Crippen molar-refractivity contribution in [3.63, 3.8) is 0 Å². The molecule has 0 unspecified atom stereocenters. The van der Waals surface area contributed by atoms with E-state index in [4.69, 9.17) is 9.57 Å². The summed E-state index contributed by atoms with van der Waals surface area (Å²) in [6.07, 6.45) is 10.4. The predicted molar refractivity (Wildman–Crippen MR) is 198 cm³/mol. The predicted octanol–water partition coefficient (Wildman–Crippen LogP) is 4.53. The van der Waals surface area contributed by atoms with Gasteiger partial charge in [-0.05, 0) is 75.7 Å². The monoisotopic (exact) mass is 765 g/mol. The van der Waals surface area contributed by atoms with Crippen LogP contribution in [-0.2, 0) is 34.0 Å². The number of hydrogen-bond donors (Lipinski definition) is 3. The highest BCUT2D eigenvalue weighted by Gasteiger charge is 2.62. The minimum atomic E-state index is -3.88. The first-order valence-corrected chi connectivity index (χ1v) is 21.2. The minimum Gasteiger partial charge on any atom is -0.446 e. The van der Waals surface area contributed by atoms with Gasteiger partial charge in [-0.2, -0.15) is 0 Å². The van der Waals surface area contributed by atoms with Gasteiger partial charge in [0.05, 0.1) is 16.7 Å². The Hall–Kier alpha value is -4.24. The molecule has 0 radical (unpaired) electrons. The third kappa shape index (κ3) is 8.77. The molecule has 284 valence electrons. The van der Waals surface area contributed by atoms with Gasteiger partial charge in [0.1, 0.15) is 35.5 Å². The fourth-order valence-corrected chi connectivity index (χ4v) is 9.64. The Balaban J connectivity index is 1.16. The summed E-state index contributed by atoms with van der Waals surface area (Å²) in [7, 11) is -3.88. The van der Waals surface area contributed by atoms with E-state index in [0.717, 1.165) is 49.0 Å². The molecule has 2 aliphatic heterocycles. The standard InChI is InChI=1S/C38H47N5O8S2/c44-34-31-22-28(51-41-33(32-18-11-21-52-32)25-12-5-4-6-13-25)24-43(31)35(45)30(39-37(47)50-27-15-9-10-16-27)17-8-3-1-2-7-14-26-23-38(26,40-34)36(46)42-53(48,49)29-19-20-29/h4-7,11-14,18,21,26-31H,1-3,8-10,15-17,19-20,22-24H2,(H,39,47)(H,40,44)(H,42,46)/b14-7-,41-33+/t26-,28-,30+,31+,38+/m1/s1. The van der Waals surface area contributed by atoms with Crippen LogP contribution in [0.3, 0.4) is 0 Å². The Kier molecular flexibility index (Phi) is 11.2. The number of amides is 4. The van der Waals surface area contributed by atoms with Gasteiger partial charge in [-0.15, -0.1) is 11.3 Å². The summed E-state index contributed by atoms with van der Waals surface area (Å²) in [4.78, 5) is 64.0. The molecular formula is C38H47N5O8S2. The van der Waals surface area contributed by atoms with E-state index in [1.807, 2.05) is 60.0 Å². The van der Waals surface area contributed by atoms with Gasteiger partial charge < -0.3 is 25.1 Å². The first kappa shape index (κ1) is 37.1. The normalized spacial score (nSPS) is 29.1. The Bertz CT molecular complexity index is 1820. The number of oxime groups is 1. The van der Waals surface area contributed by atoms with E-state index >= 15 is 0 Å². The van der Waals surface area contributed by atoms with Crippen LogP contribution in [0.25, 0.3) is 0 Å². The summed E-state index contributed by atoms with van der Waals surface area (Å²) in [5.41, 5.74) is -0.0389. The number of carbonyl (C=O) groups excluding carboxylic acids is 4. The molecule has 2 aromatic rings. The maximum Gasteiger partial charge on any atom is 0.408 e. The Morgan fingerprint density at radius 3 is 2.45 bits per heavy atom. The van der Waals surface area contributed by atoms with Gasteiger partial charge in [0.2, 0.25) is 21.8 Å². The van der Waals surface area contributed by atoms with Crippen molar-refractivity contribution in [3.8, 4) is 0 Å². The molecule has 15 heteroatoms. The van der Waals surface area contributed by atoms with Crippen molar-refractivity contribution in [1.82, 2.24) is 20.3 Å². The highest BCUT2D eigenvalue weighted by atomic mass is 32.2. The third-order valence-corrected chi connectivity index (χ3v) is 13.5. The number of carbonyl (C=O) groups is 4. The highest BCUT2D eigenvalue weighted by Crippen LogP contribution is 2.46. The van der Waals surface area contributed by atoms with Crippen molar-refractivity contribution in [2.24, 2.45) is 11.1 Å². The lowest BCUT2D eigenvalue weighted by Gasteiger charge is -2.30. The summed E-state index contributed by atoms with van der Waals surface area (Å²) in [6.45, 7) is 0.00136. The second-order valence-corrected chi connectivity index (χ2v) is 17.7. The van der Waals surface area contributed by atoms with Crippen molar-refractivity contribution in [2.45, 2.75) is 119 Å². The zero-order valence-electron chi connectivity index (χ0n) is 29.6. The summed E-state index contributed by atoms with van der Waals surface area (Å²) < 4.78 is 33.5. The molecule has 1 aromatic carbocycles. The van der Waals surface area contributed by atoms with E-state index in [9.17, 15) is 27.6 Å². The van der Waals surface area contributed by atoms with Crippen LogP contribution in [0.4, 0.5) is 4.79 Å². The van der Waals surface area contributed by atoms with Crippen molar-refractivity contribution < 1.29 is 37.2 Å². The molecule has 53 heavy (non-hydrogen) atoms. The van der Waals surface area contributed by atoms with Gasteiger partial charge in [-0.25, -0.2) is 13.2 Å². The summed E-state index contributed by atoms with van der Waals surface area (Å²) in [6, 6.07) is 11.4. The Morgan fingerprint density at radius 1 is 0.943 bits per heavy atom. The number of nitrogens with zero attached hydrogens (tertiary/aromatic N) is 2. The number of thiophene rings is 1. The largest absolute Gasteiger partial charge is 0.446 e. The van der Waals surface area contributed by atoms with E-state index in [1.165, 1.54) is 16.2 Å². The SMILES string of the molecule is O=C(N[C@H]1CCCCC/C=C\[C@@H]2C[C@]2(C(=O)NS(=O)(=O)C2CC2)NC(=O)[C@@H]2C[C@@H](O/N=C(\c3ccccc3)c3cccs3)CN2C1=O)OC1CCCC1. The summed E-state index contributed by atoms with van der Waals surface area (Å²) >= 11 is 1.50. The van der Waals surface area contributed by atoms with E-state index in [2.05, 4.69) is 20.5 Å². The Labute approximate surface area is 314 Å². The fourth-order valence-electron chi connectivity index (χ4n) is 7.55. The molecule has 3 saturated carbocycles. The molecule has 1 saturated heterocycles. The average Bonchev–Trinajstić information content (AvgIpc) is 3.88. The molecule has 0 bridgehead atoms. The molecule has 0 spiro atoms. The zero-order valence-corrected chi connectivity index (χ0v) is 31.2. The van der Waals surface area contributed by atoms with E-state index < -0.39 is 68.7 Å². The van der Waals surface area contributed by atoms with Crippen LogP contribution in [0.1, 0.15) is 93.9 Å². The van der Waals surface area contributed by atoms with Crippen LogP contribution in [0.2, 0.25) is 0 Å². The van der Waals surface area contributed by atoms with Crippen molar-refractivity contribution in [2.75, 3.05) is 6.54 Å². The molecular weight excluding hydrogens is 719 g/mol. The lowest BCUT2D eigenvalue weighted by Crippen LogP contribution is -2.58. The number of nitrogens with one attached hydrogen (secondary N) is 3. The molecule has 5 aliphatic rings. The lowest BCUT2D eigenvalue weighted by atomic mass is 10.0. The first-order valence-electron chi connectivity index (χ1n) is 18.8. The number of sulfonamides is 1. The molecule has 3 N–H and O–H groups in total. The number of allylic oxidation sites excluding steroid dienone is 1. The molecule has 4 fully saturated rings. The lowest BCUT2D eigenvalue weighted by molar-refractivity contribution is -0.141. The molecule has 3 heterocycles. The number of benzene rings is 1. The minimum absolute atomic E-state index is 0.00136. The highest BCUT2D eigenvalue weighted by molar-refractivity contribution is 7.91. The average molecular weight is 766 g/mol. The first-order chi connectivity index (χ1) is 25.6. The second kappa shape index (κ2) is 16.0. The molecule has 13 nitrogen and oxygen atoms in total. The smallest absolute Gasteiger partial charge is 0.408 e. The molecule has 3 aliphatic carbocycles. The van der Waals surface area contributed by atoms with Crippen molar-refractivity contribution >= 4 is 50.9 Å². The van der Waals surface area contributed by atoms with Gasteiger partial charge in [0, 0.05) is 17.9 Å². The fraction of sp³-hybridized carbons (Fsp3) is 0.553. The summed E-state index contributed by atoms with van der Waals surface area (Å²) in [5, 5.41) is 11.6. The van der Waals surface area contributed by atoms with Crippen LogP contribution in [-0.4, -0.2) is 84.5 Å². The Morgan fingerprint density at radius 2 is 1.72 bits per heavy atom. The van der Waals surface area contributed by atoms with E-state index in [0.29, 0.717) is 37.8 Å². The van der Waals surface area contributed by atoms with Gasteiger partial charge in [0.25, 0.3) is 5.91 Å². The van der Waals surface area contributed by atoms with E-state index in [1.54, 1.807) is 0 Å². The van der Waals surface area contributed by atoms with Crippen LogP contribution in [0.15, 0.2) is 65.2 Å². The van der Waals surface area contributed by atoms with Gasteiger partial charge >= 0.3 is 6.09 Å². The molecule has 1 aromatic heterocycles. The van der Waals surface area contributed by atoms with Crippen molar-refractivity contribution in [3.05, 3.63) is 70.4 Å². The molecule has 5 atom stereocenters. The number of rotatable bonds is 9. The topological polar surface area (TPSA) is 173 Å². The van der Waals surface area contributed by atoms with Crippen molar-refractivity contribution in [1.29, 1.82) is 0 Å². The number of alkyl carbamates (subject to hydrolysis) is 1. The zero-order chi connectivity index (χ0) is 37.0. The number of ether oxygens (including phenoxy) is 1.